The van der Waals surface area contributed by atoms with E-state index in [4.69, 9.17) is 27.9 Å². The number of benzene rings is 3. The first-order chi connectivity index (χ1) is 19.0. The van der Waals surface area contributed by atoms with Gasteiger partial charge in [-0.05, 0) is 57.8 Å². The Morgan fingerprint density at radius 3 is 2.50 bits per heavy atom. The van der Waals surface area contributed by atoms with Gasteiger partial charge in [0.2, 0.25) is 11.1 Å². The molecule has 0 radical (unpaired) electrons. The highest BCUT2D eigenvalue weighted by Crippen LogP contribution is 2.31. The van der Waals surface area contributed by atoms with Crippen LogP contribution in [0.4, 0.5) is 11.4 Å². The molecule has 1 heterocycles. The van der Waals surface area contributed by atoms with Crippen LogP contribution in [0.25, 0.3) is 5.69 Å². The molecule has 10 nitrogen and oxygen atoms in total. The second-order valence-corrected chi connectivity index (χ2v) is 11.4. The Balaban J connectivity index is 1.31. The molecular formula is C27H26Cl2N6O4S. The number of halogens is 2. The lowest BCUT2D eigenvalue weighted by molar-refractivity contribution is -0.118. The number of carbonyl (C=O) groups excluding carboxylic acids is 2. The molecule has 1 aromatic heterocycles. The van der Waals surface area contributed by atoms with Crippen LogP contribution in [-0.4, -0.2) is 49.5 Å². The predicted molar refractivity (Wildman–Crippen MR) is 156 cm³/mol. The number of anilines is 2. The van der Waals surface area contributed by atoms with E-state index in [1.165, 1.54) is 22.9 Å². The molecule has 208 valence electrons. The molecule has 0 atom stereocenters. The van der Waals surface area contributed by atoms with E-state index in [-0.39, 0.29) is 34.5 Å². The first-order valence-corrected chi connectivity index (χ1v) is 13.8. The highest BCUT2D eigenvalue weighted by molar-refractivity contribution is 7.99. The molecular weight excluding hydrogens is 575 g/mol. The highest BCUT2D eigenvalue weighted by Gasteiger charge is 2.19. The molecule has 0 saturated carbocycles. The Hall–Kier alpha value is -3.80. The average molecular weight is 602 g/mol. The lowest BCUT2D eigenvalue weighted by Gasteiger charge is -2.20. The number of hydrogen-bond acceptors (Lipinski definition) is 8. The zero-order chi connectivity index (χ0) is 28.9. The number of aromatic hydroxyl groups is 1. The molecule has 4 aromatic rings. The number of rotatable bonds is 9. The number of aromatic nitrogens is 4. The molecule has 0 aliphatic heterocycles. The van der Waals surface area contributed by atoms with E-state index in [0.29, 0.717) is 33.0 Å². The van der Waals surface area contributed by atoms with E-state index in [1.54, 1.807) is 24.3 Å². The van der Waals surface area contributed by atoms with E-state index in [9.17, 15) is 14.7 Å². The maximum absolute atomic E-state index is 12.6. The van der Waals surface area contributed by atoms with Crippen LogP contribution in [-0.2, 0) is 15.0 Å². The quantitative estimate of drug-likeness (QED) is 0.208. The maximum Gasteiger partial charge on any atom is 0.262 e. The number of phenols is 1. The van der Waals surface area contributed by atoms with Crippen LogP contribution in [0.5, 0.6) is 11.5 Å². The summed E-state index contributed by atoms with van der Waals surface area (Å²) in [6.07, 6.45) is 0. The summed E-state index contributed by atoms with van der Waals surface area (Å²) in [7, 11) is 0. The zero-order valence-corrected chi connectivity index (χ0v) is 24.1. The Bertz CT molecular complexity index is 1540. The number of tetrazole rings is 1. The third-order valence-electron chi connectivity index (χ3n) is 5.53. The Morgan fingerprint density at radius 1 is 1.00 bits per heavy atom. The Morgan fingerprint density at radius 2 is 1.80 bits per heavy atom. The van der Waals surface area contributed by atoms with Crippen molar-refractivity contribution in [3.05, 3.63) is 76.3 Å². The van der Waals surface area contributed by atoms with Crippen LogP contribution in [0, 0.1) is 0 Å². The fraction of sp³-hybridized carbons (Fsp3) is 0.222. The summed E-state index contributed by atoms with van der Waals surface area (Å²) in [6.45, 7) is 6.02. The Kier molecular flexibility index (Phi) is 9.18. The van der Waals surface area contributed by atoms with Gasteiger partial charge in [-0.25, -0.2) is 0 Å². The third-order valence-corrected chi connectivity index (χ3v) is 7.06. The van der Waals surface area contributed by atoms with E-state index in [0.717, 1.165) is 17.3 Å². The van der Waals surface area contributed by atoms with E-state index >= 15 is 0 Å². The maximum atomic E-state index is 12.6. The molecule has 0 unspecified atom stereocenters. The number of amides is 2. The van der Waals surface area contributed by atoms with Gasteiger partial charge in [-0.1, -0.05) is 67.9 Å². The standard InChI is InChI=1S/C27H26Cl2N6O4S/c1-27(2,3)16-7-10-23(21(29)11-16)35-26(32-33-34-35)40-15-25(38)31-22-9-8-19(13-20(22)28)39-14-24(37)30-17-5-4-6-18(36)12-17/h4-13,36H,14-15H2,1-3H3,(H,30,37)(H,31,38). The molecule has 13 heteroatoms. The van der Waals surface area contributed by atoms with Gasteiger partial charge in [0.1, 0.15) is 11.5 Å². The molecule has 4 rings (SSSR count). The van der Waals surface area contributed by atoms with Crippen LogP contribution in [0.15, 0.2) is 65.8 Å². The Labute approximate surface area is 245 Å². The smallest absolute Gasteiger partial charge is 0.262 e. The lowest BCUT2D eigenvalue weighted by Crippen LogP contribution is -2.20. The fourth-order valence-corrected chi connectivity index (χ4v) is 4.66. The van der Waals surface area contributed by atoms with Gasteiger partial charge < -0.3 is 20.5 Å². The molecule has 0 aliphatic rings. The fourth-order valence-electron chi connectivity index (χ4n) is 3.50. The minimum absolute atomic E-state index is 0.0157. The average Bonchev–Trinajstić information content (AvgIpc) is 3.35. The molecule has 0 saturated heterocycles. The summed E-state index contributed by atoms with van der Waals surface area (Å²) in [5.41, 5.74) is 2.44. The van der Waals surface area contributed by atoms with Crippen molar-refractivity contribution in [2.75, 3.05) is 23.0 Å². The summed E-state index contributed by atoms with van der Waals surface area (Å²) in [4.78, 5) is 24.7. The minimum Gasteiger partial charge on any atom is -0.508 e. The van der Waals surface area contributed by atoms with Crippen molar-refractivity contribution in [1.82, 2.24) is 20.2 Å². The van der Waals surface area contributed by atoms with E-state index < -0.39 is 5.91 Å². The lowest BCUT2D eigenvalue weighted by atomic mass is 9.87. The first kappa shape index (κ1) is 29.2. The van der Waals surface area contributed by atoms with Gasteiger partial charge in [0.05, 0.1) is 27.2 Å². The second kappa shape index (κ2) is 12.6. The monoisotopic (exact) mass is 600 g/mol. The van der Waals surface area contributed by atoms with Gasteiger partial charge in [0.25, 0.3) is 5.91 Å². The SMILES string of the molecule is CC(C)(C)c1ccc(-n2nnnc2SCC(=O)Nc2ccc(OCC(=O)Nc3cccc(O)c3)cc2Cl)c(Cl)c1. The third kappa shape index (κ3) is 7.65. The zero-order valence-electron chi connectivity index (χ0n) is 21.8. The summed E-state index contributed by atoms with van der Waals surface area (Å²) in [5, 5.41) is 27.8. The second-order valence-electron chi connectivity index (χ2n) is 9.66. The summed E-state index contributed by atoms with van der Waals surface area (Å²) in [5.74, 6) is -0.339. The van der Waals surface area contributed by atoms with Gasteiger partial charge >= 0.3 is 0 Å². The summed E-state index contributed by atoms with van der Waals surface area (Å²) < 4.78 is 6.98. The van der Waals surface area contributed by atoms with Gasteiger partial charge in [-0.3, -0.25) is 9.59 Å². The van der Waals surface area contributed by atoms with Gasteiger partial charge in [-0.15, -0.1) is 5.10 Å². The number of ether oxygens (including phenoxy) is 1. The van der Waals surface area contributed by atoms with Gasteiger partial charge in [0.15, 0.2) is 6.61 Å². The van der Waals surface area contributed by atoms with Gasteiger partial charge in [-0.2, -0.15) is 4.68 Å². The number of hydrogen-bond donors (Lipinski definition) is 3. The number of carbonyl (C=O) groups is 2. The van der Waals surface area contributed by atoms with Crippen molar-refractivity contribution < 1.29 is 19.4 Å². The summed E-state index contributed by atoms with van der Waals surface area (Å²) >= 11 is 14.0. The molecule has 0 spiro atoms. The van der Waals surface area contributed by atoms with Crippen LogP contribution in [0.1, 0.15) is 26.3 Å². The number of phenolic OH excluding ortho intramolecular Hbond substituents is 1. The number of nitrogens with zero attached hydrogens (tertiary/aromatic N) is 4. The van der Waals surface area contributed by atoms with Crippen LogP contribution in [0.2, 0.25) is 10.0 Å². The number of nitrogens with one attached hydrogen (secondary N) is 2. The van der Waals surface area contributed by atoms with Crippen LogP contribution in [0.3, 0.4) is 0 Å². The summed E-state index contributed by atoms with van der Waals surface area (Å²) in [6, 6.07) is 16.5. The van der Waals surface area contributed by atoms with Crippen molar-refractivity contribution >= 4 is 58.2 Å². The molecule has 40 heavy (non-hydrogen) atoms. The predicted octanol–water partition coefficient (Wildman–Crippen LogP) is 5.72. The van der Waals surface area contributed by atoms with Crippen molar-refractivity contribution in [1.29, 1.82) is 0 Å². The van der Waals surface area contributed by atoms with Gasteiger partial charge in [0, 0.05) is 17.8 Å². The highest BCUT2D eigenvalue weighted by atomic mass is 35.5. The van der Waals surface area contributed by atoms with Crippen molar-refractivity contribution in [3.63, 3.8) is 0 Å². The molecule has 3 aromatic carbocycles. The van der Waals surface area contributed by atoms with Crippen LogP contribution >= 0.6 is 35.0 Å². The van der Waals surface area contributed by atoms with Crippen molar-refractivity contribution in [3.8, 4) is 17.2 Å². The van der Waals surface area contributed by atoms with Crippen molar-refractivity contribution in [2.24, 2.45) is 0 Å². The molecule has 0 fully saturated rings. The minimum atomic E-state index is -0.412. The molecule has 0 bridgehead atoms. The largest absolute Gasteiger partial charge is 0.508 e. The van der Waals surface area contributed by atoms with E-state index in [2.05, 4.69) is 46.9 Å². The van der Waals surface area contributed by atoms with E-state index in [1.807, 2.05) is 18.2 Å². The molecule has 0 aliphatic carbocycles. The van der Waals surface area contributed by atoms with Crippen molar-refractivity contribution in [2.45, 2.75) is 31.3 Å². The van der Waals surface area contributed by atoms with Crippen LogP contribution < -0.4 is 15.4 Å². The topological polar surface area (TPSA) is 131 Å². The number of thioether (sulfide) groups is 1. The first-order valence-electron chi connectivity index (χ1n) is 12.0. The molecule has 3 N–H and O–H groups in total. The molecule has 2 amide bonds. The normalized spacial score (nSPS) is 11.2.